The first-order valence-electron chi connectivity index (χ1n) is 6.61. The van der Waals surface area contributed by atoms with Gasteiger partial charge in [0.2, 0.25) is 0 Å². The van der Waals surface area contributed by atoms with Gasteiger partial charge in [-0.25, -0.2) is 0 Å². The van der Waals surface area contributed by atoms with Crippen LogP contribution in [0.2, 0.25) is 0 Å². The molecule has 0 amide bonds. The Bertz CT molecular complexity index is 205. The molecule has 88 valence electrons. The normalized spacial score (nSPS) is 42.4. The summed E-state index contributed by atoms with van der Waals surface area (Å²) in [5.74, 6) is 1.77. The zero-order valence-electron chi connectivity index (χ0n) is 10.5. The highest BCUT2D eigenvalue weighted by Gasteiger charge is 2.32. The van der Waals surface area contributed by atoms with E-state index < -0.39 is 0 Å². The van der Waals surface area contributed by atoms with Crippen molar-refractivity contribution in [1.82, 2.24) is 10.2 Å². The molecule has 2 fully saturated rings. The quantitative estimate of drug-likeness (QED) is 0.751. The molecule has 0 radical (unpaired) electrons. The van der Waals surface area contributed by atoms with Crippen LogP contribution < -0.4 is 5.32 Å². The van der Waals surface area contributed by atoms with E-state index >= 15 is 0 Å². The summed E-state index contributed by atoms with van der Waals surface area (Å²) in [5, 5.41) is 3.51. The van der Waals surface area contributed by atoms with Gasteiger partial charge in [0.05, 0.1) is 0 Å². The van der Waals surface area contributed by atoms with Crippen LogP contribution >= 0.6 is 0 Å². The van der Waals surface area contributed by atoms with E-state index in [2.05, 4.69) is 31.1 Å². The maximum atomic E-state index is 3.51. The number of hydrogen-bond acceptors (Lipinski definition) is 2. The minimum atomic E-state index is 0.778. The lowest BCUT2D eigenvalue weighted by Gasteiger charge is -2.38. The minimum Gasteiger partial charge on any atom is -0.315 e. The first-order valence-corrected chi connectivity index (χ1v) is 6.61. The third-order valence-corrected chi connectivity index (χ3v) is 4.48. The number of nitrogens with zero attached hydrogens (tertiary/aromatic N) is 1. The fraction of sp³-hybridized carbons (Fsp3) is 1.00. The van der Waals surface area contributed by atoms with Crippen LogP contribution in [-0.4, -0.2) is 37.1 Å². The van der Waals surface area contributed by atoms with Crippen molar-refractivity contribution >= 4 is 0 Å². The van der Waals surface area contributed by atoms with Gasteiger partial charge in [-0.15, -0.1) is 0 Å². The summed E-state index contributed by atoms with van der Waals surface area (Å²) in [7, 11) is 2.34. The second-order valence-corrected chi connectivity index (χ2v) is 5.79. The number of likely N-dealkylation sites (N-methyl/N-ethyl adjacent to an activating group) is 1. The van der Waals surface area contributed by atoms with E-state index in [4.69, 9.17) is 0 Å². The van der Waals surface area contributed by atoms with Gasteiger partial charge in [0, 0.05) is 18.6 Å². The molecule has 1 aliphatic carbocycles. The molecule has 15 heavy (non-hydrogen) atoms. The molecule has 0 bridgehead atoms. The van der Waals surface area contributed by atoms with Crippen LogP contribution in [-0.2, 0) is 0 Å². The fourth-order valence-corrected chi connectivity index (χ4v) is 3.38. The third kappa shape index (κ3) is 2.54. The third-order valence-electron chi connectivity index (χ3n) is 4.48. The maximum Gasteiger partial charge on any atom is 0.0258 e. The Balaban J connectivity index is 1.91. The van der Waals surface area contributed by atoms with Gasteiger partial charge < -0.3 is 5.32 Å². The predicted molar refractivity (Wildman–Crippen MR) is 65.0 cm³/mol. The zero-order valence-corrected chi connectivity index (χ0v) is 10.5. The van der Waals surface area contributed by atoms with E-state index in [9.17, 15) is 0 Å². The van der Waals surface area contributed by atoms with Gasteiger partial charge >= 0.3 is 0 Å². The van der Waals surface area contributed by atoms with Crippen LogP contribution in [0.5, 0.6) is 0 Å². The maximum absolute atomic E-state index is 3.51. The lowest BCUT2D eigenvalue weighted by atomic mass is 9.85. The summed E-state index contributed by atoms with van der Waals surface area (Å²) in [5.41, 5.74) is 0. The zero-order chi connectivity index (χ0) is 10.8. The largest absolute Gasteiger partial charge is 0.315 e. The van der Waals surface area contributed by atoms with E-state index in [1.807, 2.05) is 0 Å². The van der Waals surface area contributed by atoms with Crippen molar-refractivity contribution in [2.45, 2.75) is 51.6 Å². The van der Waals surface area contributed by atoms with E-state index in [0.717, 1.165) is 23.9 Å². The summed E-state index contributed by atoms with van der Waals surface area (Å²) < 4.78 is 0. The number of rotatable bonds is 2. The van der Waals surface area contributed by atoms with Crippen molar-refractivity contribution in [2.24, 2.45) is 11.8 Å². The topological polar surface area (TPSA) is 15.3 Å². The Morgan fingerprint density at radius 1 is 1.13 bits per heavy atom. The smallest absolute Gasteiger partial charge is 0.0258 e. The molecule has 4 atom stereocenters. The molecule has 0 aromatic heterocycles. The SMILES string of the molecule is CC1CCCC(N(C)C2CNCC2C)C1. The summed E-state index contributed by atoms with van der Waals surface area (Å²) >= 11 is 0. The molecular formula is C13H26N2. The van der Waals surface area contributed by atoms with Crippen molar-refractivity contribution in [1.29, 1.82) is 0 Å². The minimum absolute atomic E-state index is 0.778. The molecule has 1 heterocycles. The van der Waals surface area contributed by atoms with Gasteiger partial charge in [0.25, 0.3) is 0 Å². The highest BCUT2D eigenvalue weighted by molar-refractivity contribution is 4.89. The van der Waals surface area contributed by atoms with Crippen LogP contribution in [0.4, 0.5) is 0 Å². The van der Waals surface area contributed by atoms with Crippen LogP contribution in [0.15, 0.2) is 0 Å². The lowest BCUT2D eigenvalue weighted by molar-refractivity contribution is 0.108. The summed E-state index contributed by atoms with van der Waals surface area (Å²) in [6.45, 7) is 7.20. The molecule has 4 unspecified atom stereocenters. The molecule has 1 N–H and O–H groups in total. The van der Waals surface area contributed by atoms with E-state index in [-0.39, 0.29) is 0 Å². The Morgan fingerprint density at radius 3 is 2.53 bits per heavy atom. The summed E-state index contributed by atoms with van der Waals surface area (Å²) in [6, 6.07) is 1.63. The summed E-state index contributed by atoms with van der Waals surface area (Å²) in [6.07, 6.45) is 5.72. The molecule has 0 aromatic rings. The average molecular weight is 210 g/mol. The molecule has 2 heteroatoms. The Morgan fingerprint density at radius 2 is 1.93 bits per heavy atom. The van der Waals surface area contributed by atoms with Crippen molar-refractivity contribution in [2.75, 3.05) is 20.1 Å². The lowest BCUT2D eigenvalue weighted by Crippen LogP contribution is -2.45. The van der Waals surface area contributed by atoms with Crippen molar-refractivity contribution in [3.05, 3.63) is 0 Å². The Hall–Kier alpha value is -0.0800. The van der Waals surface area contributed by atoms with Crippen LogP contribution in [0.25, 0.3) is 0 Å². The van der Waals surface area contributed by atoms with Crippen molar-refractivity contribution < 1.29 is 0 Å². The summed E-state index contributed by atoms with van der Waals surface area (Å²) in [4.78, 5) is 2.67. The fourth-order valence-electron chi connectivity index (χ4n) is 3.38. The van der Waals surface area contributed by atoms with Crippen molar-refractivity contribution in [3.8, 4) is 0 Å². The van der Waals surface area contributed by atoms with Crippen LogP contribution in [0.1, 0.15) is 39.5 Å². The molecule has 0 spiro atoms. The Kier molecular flexibility index (Phi) is 3.68. The van der Waals surface area contributed by atoms with Gasteiger partial charge in [-0.2, -0.15) is 0 Å². The number of nitrogens with one attached hydrogen (secondary N) is 1. The first-order chi connectivity index (χ1) is 7.18. The Labute approximate surface area is 94.4 Å². The van der Waals surface area contributed by atoms with E-state index in [1.54, 1.807) is 0 Å². The molecule has 0 aromatic carbocycles. The average Bonchev–Trinajstić information content (AvgIpc) is 2.63. The molecular weight excluding hydrogens is 184 g/mol. The van der Waals surface area contributed by atoms with Gasteiger partial charge in [-0.1, -0.05) is 26.7 Å². The molecule has 1 saturated heterocycles. The predicted octanol–water partition coefficient (Wildman–Crippen LogP) is 2.10. The van der Waals surface area contributed by atoms with Gasteiger partial charge in [-0.3, -0.25) is 4.90 Å². The van der Waals surface area contributed by atoms with Gasteiger partial charge in [-0.05, 0) is 38.3 Å². The molecule has 2 aliphatic rings. The van der Waals surface area contributed by atoms with E-state index in [1.165, 1.54) is 38.8 Å². The molecule has 1 saturated carbocycles. The monoisotopic (exact) mass is 210 g/mol. The second-order valence-electron chi connectivity index (χ2n) is 5.79. The molecule has 1 aliphatic heterocycles. The molecule has 2 nitrogen and oxygen atoms in total. The standard InChI is InChI=1S/C13H26N2/c1-10-5-4-6-12(7-10)15(3)13-9-14-8-11(13)2/h10-14H,4-9H2,1-3H3. The molecule has 2 rings (SSSR count). The number of hydrogen-bond donors (Lipinski definition) is 1. The highest BCUT2D eigenvalue weighted by atomic mass is 15.2. The van der Waals surface area contributed by atoms with Gasteiger partial charge in [0.15, 0.2) is 0 Å². The van der Waals surface area contributed by atoms with Gasteiger partial charge in [0.1, 0.15) is 0 Å². The van der Waals surface area contributed by atoms with Crippen LogP contribution in [0, 0.1) is 11.8 Å². The van der Waals surface area contributed by atoms with Crippen molar-refractivity contribution in [3.63, 3.8) is 0 Å². The second kappa shape index (κ2) is 4.84. The van der Waals surface area contributed by atoms with Crippen LogP contribution in [0.3, 0.4) is 0 Å². The highest BCUT2D eigenvalue weighted by Crippen LogP contribution is 2.29. The first kappa shape index (κ1) is 11.4. The van der Waals surface area contributed by atoms with E-state index in [0.29, 0.717) is 0 Å².